The Labute approximate surface area is 147 Å². The van der Waals surface area contributed by atoms with E-state index in [1.807, 2.05) is 17.5 Å². The van der Waals surface area contributed by atoms with E-state index in [1.54, 1.807) is 13.1 Å². The van der Waals surface area contributed by atoms with Gasteiger partial charge in [-0.3, -0.25) is 10.2 Å². The molecule has 1 aromatic carbocycles. The Morgan fingerprint density at radius 3 is 3.04 bits per heavy atom. The van der Waals surface area contributed by atoms with Crippen LogP contribution in [0.5, 0.6) is 0 Å². The molecule has 23 heavy (non-hydrogen) atoms. The number of aromatic nitrogens is 1. The number of nitrogens with zero attached hydrogens (tertiary/aromatic N) is 2. The molecule has 0 saturated carbocycles. The molecule has 2 rings (SSSR count). The Bertz CT molecular complexity index is 700. The summed E-state index contributed by atoms with van der Waals surface area (Å²) in [5, 5.41) is 6.70. The second-order valence-corrected chi connectivity index (χ2v) is 6.47. The van der Waals surface area contributed by atoms with Crippen molar-refractivity contribution in [2.24, 2.45) is 5.10 Å². The van der Waals surface area contributed by atoms with Crippen molar-refractivity contribution >= 4 is 44.6 Å². The van der Waals surface area contributed by atoms with Crippen LogP contribution in [0.25, 0.3) is 0 Å². The van der Waals surface area contributed by atoms with E-state index < -0.39 is 0 Å². The number of nitrogens with one attached hydrogen (secondary N) is 1. The highest BCUT2D eigenvalue weighted by Crippen LogP contribution is 2.18. The summed E-state index contributed by atoms with van der Waals surface area (Å²) in [5.74, 6) is -0.269. The summed E-state index contributed by atoms with van der Waals surface area (Å²) < 4.78 is 5.92. The monoisotopic (exact) mass is 395 g/mol. The lowest BCUT2D eigenvalue weighted by Crippen LogP contribution is -2.07. The maximum Gasteiger partial charge on any atom is 0.311 e. The molecule has 0 amide bonds. The number of esters is 1. The van der Waals surface area contributed by atoms with Crippen LogP contribution in [0.2, 0.25) is 0 Å². The zero-order chi connectivity index (χ0) is 16.7. The number of rotatable bonds is 7. The van der Waals surface area contributed by atoms with Crippen LogP contribution in [0.15, 0.2) is 33.2 Å². The quantitative estimate of drug-likeness (QED) is 0.436. The number of ether oxygens (including phenoxy) is 1. The molecule has 122 valence electrons. The first-order valence-corrected chi connectivity index (χ1v) is 8.97. The number of hydrazone groups is 1. The molecule has 0 bridgehead atoms. The van der Waals surface area contributed by atoms with Crippen molar-refractivity contribution in [1.29, 1.82) is 0 Å². The molecule has 0 fully saturated rings. The molecule has 0 radical (unpaired) electrons. The first kappa shape index (κ1) is 17.6. The van der Waals surface area contributed by atoms with E-state index in [2.05, 4.69) is 44.4 Å². The van der Waals surface area contributed by atoms with Crippen molar-refractivity contribution in [3.63, 3.8) is 0 Å². The number of anilines is 1. The normalized spacial score (nSPS) is 10.9. The topological polar surface area (TPSA) is 63.6 Å². The van der Waals surface area contributed by atoms with Gasteiger partial charge >= 0.3 is 5.97 Å². The van der Waals surface area contributed by atoms with Gasteiger partial charge in [-0.1, -0.05) is 28.9 Å². The van der Waals surface area contributed by atoms with E-state index in [0.717, 1.165) is 16.5 Å². The zero-order valence-electron chi connectivity index (χ0n) is 13.0. The molecule has 0 saturated heterocycles. The summed E-state index contributed by atoms with van der Waals surface area (Å²) in [5.41, 5.74) is 5.86. The molecule has 0 atom stereocenters. The first-order chi connectivity index (χ1) is 11.1. The zero-order valence-corrected chi connectivity index (χ0v) is 15.4. The number of hydrogen-bond acceptors (Lipinski definition) is 6. The van der Waals surface area contributed by atoms with E-state index >= 15 is 0 Å². The van der Waals surface area contributed by atoms with Crippen molar-refractivity contribution in [3.8, 4) is 0 Å². The molecule has 0 unspecified atom stereocenters. The van der Waals surface area contributed by atoms with Gasteiger partial charge in [0.05, 0.1) is 24.9 Å². The number of halogens is 1. The summed E-state index contributed by atoms with van der Waals surface area (Å²) in [7, 11) is 0. The number of carbonyl (C=O) groups is 1. The van der Waals surface area contributed by atoms with Crippen LogP contribution in [0.1, 0.15) is 30.7 Å². The Morgan fingerprint density at radius 1 is 1.48 bits per heavy atom. The highest BCUT2D eigenvalue weighted by Gasteiger charge is 2.08. The fourth-order valence-corrected chi connectivity index (χ4v) is 3.00. The SMILES string of the molecule is CCOC(=O)Cc1csc(NN=Cc2cc(Br)ccc2CC)n1. The van der Waals surface area contributed by atoms with Gasteiger partial charge in [0, 0.05) is 9.85 Å². The van der Waals surface area contributed by atoms with Gasteiger partial charge in [0.15, 0.2) is 0 Å². The van der Waals surface area contributed by atoms with Crippen molar-refractivity contribution in [1.82, 2.24) is 4.98 Å². The molecule has 0 spiro atoms. The Kier molecular flexibility index (Phi) is 6.73. The average Bonchev–Trinajstić information content (AvgIpc) is 2.95. The molecule has 0 aliphatic rings. The second kappa shape index (κ2) is 8.79. The minimum absolute atomic E-state index is 0.182. The third-order valence-corrected chi connectivity index (χ3v) is 4.32. The van der Waals surface area contributed by atoms with E-state index in [1.165, 1.54) is 16.9 Å². The van der Waals surface area contributed by atoms with Crippen LogP contribution in [-0.2, 0) is 22.4 Å². The number of benzene rings is 1. The van der Waals surface area contributed by atoms with Gasteiger partial charge in [-0.15, -0.1) is 11.3 Å². The van der Waals surface area contributed by atoms with Gasteiger partial charge in [-0.2, -0.15) is 5.10 Å². The minimum Gasteiger partial charge on any atom is -0.466 e. The summed E-state index contributed by atoms with van der Waals surface area (Å²) >= 11 is 4.87. The molecule has 0 aliphatic carbocycles. The fourth-order valence-electron chi connectivity index (χ4n) is 1.96. The molecule has 1 aromatic heterocycles. The summed E-state index contributed by atoms with van der Waals surface area (Å²) in [4.78, 5) is 15.7. The van der Waals surface area contributed by atoms with Gasteiger partial charge in [0.2, 0.25) is 5.13 Å². The summed E-state index contributed by atoms with van der Waals surface area (Å²) in [6, 6.07) is 6.12. The van der Waals surface area contributed by atoms with Crippen molar-refractivity contribution in [3.05, 3.63) is 44.9 Å². The third-order valence-electron chi connectivity index (χ3n) is 3.04. The van der Waals surface area contributed by atoms with Gasteiger partial charge in [0.1, 0.15) is 0 Å². The number of carbonyl (C=O) groups excluding carboxylic acids is 1. The Hall–Kier alpha value is -1.73. The van der Waals surface area contributed by atoms with Gasteiger partial charge in [-0.25, -0.2) is 4.98 Å². The molecule has 2 aromatic rings. The van der Waals surface area contributed by atoms with Crippen molar-refractivity contribution in [2.75, 3.05) is 12.0 Å². The molecule has 0 aliphatic heterocycles. The highest BCUT2D eigenvalue weighted by molar-refractivity contribution is 9.10. The predicted octanol–water partition coefficient (Wildman–Crippen LogP) is 4.02. The Balaban J connectivity index is 1.97. The van der Waals surface area contributed by atoms with Crippen molar-refractivity contribution < 1.29 is 9.53 Å². The van der Waals surface area contributed by atoms with E-state index in [4.69, 9.17) is 4.74 Å². The minimum atomic E-state index is -0.269. The average molecular weight is 396 g/mol. The van der Waals surface area contributed by atoms with Crippen LogP contribution in [0, 0.1) is 0 Å². The number of aryl methyl sites for hydroxylation is 1. The van der Waals surface area contributed by atoms with Crippen LogP contribution in [0.3, 0.4) is 0 Å². The van der Waals surface area contributed by atoms with Crippen LogP contribution < -0.4 is 5.43 Å². The third kappa shape index (κ3) is 5.44. The van der Waals surface area contributed by atoms with Crippen LogP contribution in [0.4, 0.5) is 5.13 Å². The van der Waals surface area contributed by atoms with Crippen LogP contribution >= 0.6 is 27.3 Å². The lowest BCUT2D eigenvalue weighted by atomic mass is 10.1. The largest absolute Gasteiger partial charge is 0.466 e. The Morgan fingerprint density at radius 2 is 2.30 bits per heavy atom. The lowest BCUT2D eigenvalue weighted by Gasteiger charge is -2.03. The summed E-state index contributed by atoms with van der Waals surface area (Å²) in [6.45, 7) is 4.27. The first-order valence-electron chi connectivity index (χ1n) is 7.30. The van der Waals surface area contributed by atoms with Crippen molar-refractivity contribution in [2.45, 2.75) is 26.7 Å². The number of thiazole rings is 1. The smallest absolute Gasteiger partial charge is 0.311 e. The maximum atomic E-state index is 11.4. The molecule has 1 heterocycles. The number of hydrogen-bond donors (Lipinski definition) is 1. The molecule has 5 nitrogen and oxygen atoms in total. The molecule has 1 N–H and O–H groups in total. The fraction of sp³-hybridized carbons (Fsp3) is 0.312. The van der Waals surface area contributed by atoms with Crippen LogP contribution in [-0.4, -0.2) is 23.8 Å². The highest BCUT2D eigenvalue weighted by atomic mass is 79.9. The molecular formula is C16H18BrN3O2S. The van der Waals surface area contributed by atoms with Gasteiger partial charge < -0.3 is 4.74 Å². The van der Waals surface area contributed by atoms with Gasteiger partial charge in [-0.05, 0) is 36.6 Å². The summed E-state index contributed by atoms with van der Waals surface area (Å²) in [6.07, 6.45) is 2.90. The standard InChI is InChI=1S/C16H18BrN3O2S/c1-3-11-5-6-13(17)7-12(11)9-18-20-16-19-14(10-23-16)8-15(21)22-4-2/h5-7,9-10H,3-4,8H2,1-2H3,(H,19,20). The maximum absolute atomic E-state index is 11.4. The van der Waals surface area contributed by atoms with Gasteiger partial charge in [0.25, 0.3) is 0 Å². The van der Waals surface area contributed by atoms with E-state index in [9.17, 15) is 4.79 Å². The second-order valence-electron chi connectivity index (χ2n) is 4.69. The predicted molar refractivity (Wildman–Crippen MR) is 97.2 cm³/mol. The molecular weight excluding hydrogens is 378 g/mol. The van der Waals surface area contributed by atoms with E-state index in [-0.39, 0.29) is 12.4 Å². The lowest BCUT2D eigenvalue weighted by molar-refractivity contribution is -0.142. The molecule has 7 heteroatoms. The van der Waals surface area contributed by atoms with E-state index in [0.29, 0.717) is 17.4 Å².